The number of halogens is 3. The zero-order valence-corrected chi connectivity index (χ0v) is 9.46. The number of aliphatic hydroxyl groups excluding tert-OH is 1. The standard InChI is InChI=1S/C13H9ClF2O/c14-10-3-1-8(2-4-10)13(17)9-5-11(15)7-12(16)6-9/h1-7,13,17H. The highest BCUT2D eigenvalue weighted by Gasteiger charge is 2.12. The highest BCUT2D eigenvalue weighted by atomic mass is 35.5. The van der Waals surface area contributed by atoms with Crippen molar-refractivity contribution in [1.82, 2.24) is 0 Å². The maximum absolute atomic E-state index is 13.0. The van der Waals surface area contributed by atoms with E-state index in [0.29, 0.717) is 10.6 Å². The normalized spacial score (nSPS) is 12.5. The molecule has 0 spiro atoms. The van der Waals surface area contributed by atoms with Gasteiger partial charge in [0.1, 0.15) is 17.7 Å². The second-order valence-corrected chi connectivity index (χ2v) is 4.09. The van der Waals surface area contributed by atoms with E-state index in [1.165, 1.54) is 0 Å². The van der Waals surface area contributed by atoms with Crippen LogP contribution in [-0.2, 0) is 0 Å². The van der Waals surface area contributed by atoms with Gasteiger partial charge in [-0.1, -0.05) is 23.7 Å². The summed E-state index contributed by atoms with van der Waals surface area (Å²) in [7, 11) is 0. The van der Waals surface area contributed by atoms with Gasteiger partial charge in [-0.3, -0.25) is 0 Å². The van der Waals surface area contributed by atoms with Crippen LogP contribution in [-0.4, -0.2) is 5.11 Å². The number of aliphatic hydroxyl groups is 1. The Morgan fingerprint density at radius 2 is 1.41 bits per heavy atom. The van der Waals surface area contributed by atoms with E-state index in [-0.39, 0.29) is 5.56 Å². The van der Waals surface area contributed by atoms with Crippen molar-refractivity contribution < 1.29 is 13.9 Å². The lowest BCUT2D eigenvalue weighted by Crippen LogP contribution is -2.00. The molecule has 0 heterocycles. The lowest BCUT2D eigenvalue weighted by molar-refractivity contribution is 0.219. The Labute approximate surface area is 102 Å². The molecule has 0 radical (unpaired) electrons. The van der Waals surface area contributed by atoms with E-state index < -0.39 is 17.7 Å². The van der Waals surface area contributed by atoms with Crippen LogP contribution in [0.15, 0.2) is 42.5 Å². The molecule has 2 aromatic carbocycles. The van der Waals surface area contributed by atoms with Crippen LogP contribution in [0.3, 0.4) is 0 Å². The van der Waals surface area contributed by atoms with Gasteiger partial charge in [0, 0.05) is 11.1 Å². The van der Waals surface area contributed by atoms with Crippen LogP contribution in [0.4, 0.5) is 8.78 Å². The van der Waals surface area contributed by atoms with Crippen LogP contribution in [0.25, 0.3) is 0 Å². The van der Waals surface area contributed by atoms with E-state index in [1.807, 2.05) is 0 Å². The first-order valence-corrected chi connectivity index (χ1v) is 5.33. The number of rotatable bonds is 2. The second-order valence-electron chi connectivity index (χ2n) is 3.66. The van der Waals surface area contributed by atoms with Gasteiger partial charge in [0.25, 0.3) is 0 Å². The molecule has 0 bridgehead atoms. The van der Waals surface area contributed by atoms with Crippen molar-refractivity contribution in [3.8, 4) is 0 Å². The molecule has 88 valence electrons. The molecule has 0 aromatic heterocycles. The van der Waals surface area contributed by atoms with E-state index in [0.717, 1.165) is 18.2 Å². The van der Waals surface area contributed by atoms with Gasteiger partial charge in [-0.05, 0) is 35.4 Å². The molecule has 2 aromatic rings. The van der Waals surface area contributed by atoms with Crippen LogP contribution >= 0.6 is 11.6 Å². The maximum atomic E-state index is 13.0. The third kappa shape index (κ3) is 2.81. The fourth-order valence-electron chi connectivity index (χ4n) is 1.57. The van der Waals surface area contributed by atoms with Crippen molar-refractivity contribution in [2.45, 2.75) is 6.10 Å². The number of hydrogen-bond acceptors (Lipinski definition) is 1. The second kappa shape index (κ2) is 4.82. The zero-order chi connectivity index (χ0) is 12.4. The summed E-state index contributed by atoms with van der Waals surface area (Å²) in [6, 6.07) is 9.39. The highest BCUT2D eigenvalue weighted by molar-refractivity contribution is 6.30. The zero-order valence-electron chi connectivity index (χ0n) is 8.70. The van der Waals surface area contributed by atoms with Gasteiger partial charge in [0.15, 0.2) is 0 Å². The van der Waals surface area contributed by atoms with Gasteiger partial charge in [-0.15, -0.1) is 0 Å². The van der Waals surface area contributed by atoms with Gasteiger partial charge in [-0.25, -0.2) is 8.78 Å². The summed E-state index contributed by atoms with van der Waals surface area (Å²) < 4.78 is 26.0. The molecule has 0 saturated carbocycles. The topological polar surface area (TPSA) is 20.2 Å². The molecular formula is C13H9ClF2O. The summed E-state index contributed by atoms with van der Waals surface area (Å²) in [4.78, 5) is 0. The Bertz CT molecular complexity index is 505. The average molecular weight is 255 g/mol. The van der Waals surface area contributed by atoms with Gasteiger partial charge in [-0.2, -0.15) is 0 Å². The summed E-state index contributed by atoms with van der Waals surface area (Å²) in [5.41, 5.74) is 0.698. The minimum absolute atomic E-state index is 0.171. The molecule has 1 nitrogen and oxygen atoms in total. The van der Waals surface area contributed by atoms with Crippen LogP contribution in [0, 0.1) is 11.6 Å². The van der Waals surface area contributed by atoms with Crippen molar-refractivity contribution >= 4 is 11.6 Å². The minimum atomic E-state index is -1.07. The van der Waals surface area contributed by atoms with E-state index in [1.54, 1.807) is 24.3 Å². The fraction of sp³-hybridized carbons (Fsp3) is 0.0769. The Morgan fingerprint density at radius 1 is 0.882 bits per heavy atom. The molecule has 0 aliphatic rings. The fourth-order valence-corrected chi connectivity index (χ4v) is 1.70. The largest absolute Gasteiger partial charge is 0.384 e. The summed E-state index contributed by atoms with van der Waals surface area (Å²) in [5, 5.41) is 10.5. The predicted octanol–water partition coefficient (Wildman–Crippen LogP) is 3.70. The summed E-state index contributed by atoms with van der Waals surface area (Å²) in [5.74, 6) is -1.43. The summed E-state index contributed by atoms with van der Waals surface area (Å²) in [6.07, 6.45) is -1.07. The molecule has 1 unspecified atom stereocenters. The monoisotopic (exact) mass is 254 g/mol. The van der Waals surface area contributed by atoms with Crippen molar-refractivity contribution in [1.29, 1.82) is 0 Å². The van der Waals surface area contributed by atoms with Crippen molar-refractivity contribution in [2.75, 3.05) is 0 Å². The molecule has 0 aliphatic carbocycles. The minimum Gasteiger partial charge on any atom is -0.384 e. The van der Waals surface area contributed by atoms with E-state index in [2.05, 4.69) is 0 Å². The predicted molar refractivity (Wildman–Crippen MR) is 61.9 cm³/mol. The van der Waals surface area contributed by atoms with E-state index >= 15 is 0 Å². The first kappa shape index (κ1) is 12.0. The van der Waals surface area contributed by atoms with E-state index in [9.17, 15) is 13.9 Å². The number of benzene rings is 2. The Morgan fingerprint density at radius 3 is 1.94 bits per heavy atom. The number of hydrogen-bond donors (Lipinski definition) is 1. The van der Waals surface area contributed by atoms with Crippen LogP contribution in [0.2, 0.25) is 5.02 Å². The Kier molecular flexibility index (Phi) is 3.41. The van der Waals surface area contributed by atoms with E-state index in [4.69, 9.17) is 11.6 Å². The molecule has 4 heteroatoms. The molecule has 1 atom stereocenters. The summed E-state index contributed by atoms with van der Waals surface area (Å²) in [6.45, 7) is 0. The quantitative estimate of drug-likeness (QED) is 0.866. The van der Waals surface area contributed by atoms with Crippen molar-refractivity contribution in [3.05, 3.63) is 70.2 Å². The Balaban J connectivity index is 2.36. The molecule has 0 amide bonds. The first-order chi connectivity index (χ1) is 8.06. The molecule has 1 N–H and O–H groups in total. The van der Waals surface area contributed by atoms with Gasteiger partial charge < -0.3 is 5.11 Å². The molecule has 17 heavy (non-hydrogen) atoms. The molecule has 0 fully saturated rings. The Hall–Kier alpha value is -1.45. The SMILES string of the molecule is OC(c1ccc(Cl)cc1)c1cc(F)cc(F)c1. The van der Waals surface area contributed by atoms with Gasteiger partial charge in [0.2, 0.25) is 0 Å². The summed E-state index contributed by atoms with van der Waals surface area (Å²) >= 11 is 5.71. The van der Waals surface area contributed by atoms with Gasteiger partial charge >= 0.3 is 0 Å². The molecular weight excluding hydrogens is 246 g/mol. The van der Waals surface area contributed by atoms with Crippen molar-refractivity contribution in [2.24, 2.45) is 0 Å². The lowest BCUT2D eigenvalue weighted by Gasteiger charge is -2.11. The highest BCUT2D eigenvalue weighted by Crippen LogP contribution is 2.24. The molecule has 0 saturated heterocycles. The van der Waals surface area contributed by atoms with Crippen molar-refractivity contribution in [3.63, 3.8) is 0 Å². The van der Waals surface area contributed by atoms with Crippen LogP contribution in [0.1, 0.15) is 17.2 Å². The first-order valence-electron chi connectivity index (χ1n) is 4.96. The lowest BCUT2D eigenvalue weighted by atomic mass is 10.0. The van der Waals surface area contributed by atoms with Crippen LogP contribution in [0.5, 0.6) is 0 Å². The average Bonchev–Trinajstić information content (AvgIpc) is 2.28. The molecule has 0 aliphatic heterocycles. The smallest absolute Gasteiger partial charge is 0.126 e. The maximum Gasteiger partial charge on any atom is 0.126 e. The van der Waals surface area contributed by atoms with Gasteiger partial charge in [0.05, 0.1) is 0 Å². The third-order valence-electron chi connectivity index (χ3n) is 2.39. The molecule has 2 rings (SSSR count). The third-order valence-corrected chi connectivity index (χ3v) is 2.64. The van der Waals surface area contributed by atoms with Crippen LogP contribution < -0.4 is 0 Å².